The first-order valence-corrected chi connectivity index (χ1v) is 7.46. The van der Waals surface area contributed by atoms with Crippen molar-refractivity contribution in [1.29, 1.82) is 0 Å². The molecule has 3 heteroatoms. The summed E-state index contributed by atoms with van der Waals surface area (Å²) in [6, 6.07) is 17.3. The van der Waals surface area contributed by atoms with Crippen LogP contribution >= 0.6 is 0 Å². The molecule has 3 nitrogen and oxygen atoms in total. The summed E-state index contributed by atoms with van der Waals surface area (Å²) < 4.78 is 5.34. The number of rotatable bonds is 5. The van der Waals surface area contributed by atoms with Gasteiger partial charge in [0.1, 0.15) is 0 Å². The van der Waals surface area contributed by atoms with E-state index >= 15 is 0 Å². The Hall–Kier alpha value is -1.84. The first kappa shape index (κ1) is 14.1. The molecule has 1 aliphatic heterocycles. The molecule has 110 valence electrons. The monoisotopic (exact) mass is 282 g/mol. The largest absolute Gasteiger partial charge is 0.380 e. The lowest BCUT2D eigenvalue weighted by Gasteiger charge is -2.31. The van der Waals surface area contributed by atoms with E-state index in [0.717, 1.165) is 13.0 Å². The summed E-state index contributed by atoms with van der Waals surface area (Å²) in [5, 5.41) is 0. The quantitative estimate of drug-likeness (QED) is 0.916. The minimum Gasteiger partial charge on any atom is -0.380 e. The van der Waals surface area contributed by atoms with Crippen molar-refractivity contribution in [3.05, 3.63) is 65.2 Å². The van der Waals surface area contributed by atoms with Crippen LogP contribution in [0.4, 0.5) is 5.69 Å². The Morgan fingerprint density at radius 3 is 2.71 bits per heavy atom. The molecule has 2 aromatic rings. The fourth-order valence-electron chi connectivity index (χ4n) is 3.26. The Morgan fingerprint density at radius 1 is 1.14 bits per heavy atom. The lowest BCUT2D eigenvalue weighted by atomic mass is 9.99. The van der Waals surface area contributed by atoms with Crippen molar-refractivity contribution in [2.24, 2.45) is 5.73 Å². The van der Waals surface area contributed by atoms with Crippen molar-refractivity contribution in [2.45, 2.75) is 19.1 Å². The van der Waals surface area contributed by atoms with Gasteiger partial charge in [0, 0.05) is 25.9 Å². The Balaban J connectivity index is 1.97. The minimum atomic E-state index is 0.208. The summed E-state index contributed by atoms with van der Waals surface area (Å²) in [5.41, 5.74) is 11.4. The van der Waals surface area contributed by atoms with Gasteiger partial charge in [0.2, 0.25) is 0 Å². The molecule has 1 heterocycles. The van der Waals surface area contributed by atoms with Gasteiger partial charge in [-0.1, -0.05) is 42.5 Å². The SMILES string of the molecule is COCc1ccccc1C(CN)N1CCc2ccccc21. The molecule has 0 radical (unpaired) electrons. The summed E-state index contributed by atoms with van der Waals surface area (Å²) in [7, 11) is 1.74. The first-order chi connectivity index (χ1) is 10.3. The van der Waals surface area contributed by atoms with E-state index in [1.807, 2.05) is 0 Å². The molecule has 21 heavy (non-hydrogen) atoms. The number of anilines is 1. The molecule has 0 aromatic heterocycles. The second-order valence-electron chi connectivity index (χ2n) is 5.46. The third-order valence-electron chi connectivity index (χ3n) is 4.24. The maximum absolute atomic E-state index is 6.12. The number of nitrogens with two attached hydrogens (primary N) is 1. The highest BCUT2D eigenvalue weighted by Crippen LogP contribution is 2.35. The van der Waals surface area contributed by atoms with Crippen LogP contribution in [-0.2, 0) is 17.8 Å². The molecule has 0 spiro atoms. The summed E-state index contributed by atoms with van der Waals surface area (Å²) in [6.45, 7) is 2.26. The second kappa shape index (κ2) is 6.29. The second-order valence-corrected chi connectivity index (χ2v) is 5.46. The molecule has 0 saturated carbocycles. The summed E-state index contributed by atoms with van der Waals surface area (Å²) in [5.74, 6) is 0. The average Bonchev–Trinajstić information content (AvgIpc) is 2.94. The molecule has 0 amide bonds. The van der Waals surface area contributed by atoms with Gasteiger partial charge in [0.25, 0.3) is 0 Å². The summed E-state index contributed by atoms with van der Waals surface area (Å²) >= 11 is 0. The average molecular weight is 282 g/mol. The summed E-state index contributed by atoms with van der Waals surface area (Å²) in [6.07, 6.45) is 1.10. The zero-order chi connectivity index (χ0) is 14.7. The molecule has 1 aliphatic rings. The van der Waals surface area contributed by atoms with E-state index in [4.69, 9.17) is 10.5 Å². The van der Waals surface area contributed by atoms with Gasteiger partial charge in [-0.15, -0.1) is 0 Å². The van der Waals surface area contributed by atoms with Crippen LogP contribution in [0.15, 0.2) is 48.5 Å². The molecular weight excluding hydrogens is 260 g/mol. The van der Waals surface area contributed by atoms with Gasteiger partial charge in [-0.25, -0.2) is 0 Å². The van der Waals surface area contributed by atoms with Crippen molar-refractivity contribution < 1.29 is 4.74 Å². The van der Waals surface area contributed by atoms with E-state index in [-0.39, 0.29) is 6.04 Å². The van der Waals surface area contributed by atoms with Gasteiger partial charge in [0.15, 0.2) is 0 Å². The van der Waals surface area contributed by atoms with Crippen molar-refractivity contribution in [1.82, 2.24) is 0 Å². The lowest BCUT2D eigenvalue weighted by Crippen LogP contribution is -2.33. The van der Waals surface area contributed by atoms with Crippen LogP contribution < -0.4 is 10.6 Å². The summed E-state index contributed by atoms with van der Waals surface area (Å²) in [4.78, 5) is 2.43. The molecule has 1 unspecified atom stereocenters. The third kappa shape index (κ3) is 2.67. The van der Waals surface area contributed by atoms with E-state index in [9.17, 15) is 0 Å². The fourth-order valence-corrected chi connectivity index (χ4v) is 3.26. The van der Waals surface area contributed by atoms with Gasteiger partial charge in [-0.2, -0.15) is 0 Å². The number of hydrogen-bond acceptors (Lipinski definition) is 3. The maximum Gasteiger partial charge on any atom is 0.0716 e. The minimum absolute atomic E-state index is 0.208. The van der Waals surface area contributed by atoms with Gasteiger partial charge in [-0.05, 0) is 29.2 Å². The Morgan fingerprint density at radius 2 is 1.90 bits per heavy atom. The van der Waals surface area contributed by atoms with E-state index in [1.54, 1.807) is 7.11 Å². The lowest BCUT2D eigenvalue weighted by molar-refractivity contribution is 0.183. The number of fused-ring (bicyclic) bond motifs is 1. The Labute approximate surface area is 126 Å². The van der Waals surface area contributed by atoms with Crippen molar-refractivity contribution in [2.75, 3.05) is 25.1 Å². The van der Waals surface area contributed by atoms with Crippen molar-refractivity contribution in [3.63, 3.8) is 0 Å². The number of nitrogens with zero attached hydrogens (tertiary/aromatic N) is 1. The molecule has 0 saturated heterocycles. The molecule has 2 aromatic carbocycles. The number of hydrogen-bond donors (Lipinski definition) is 1. The van der Waals surface area contributed by atoms with Crippen LogP contribution in [-0.4, -0.2) is 20.2 Å². The normalized spacial score (nSPS) is 15.0. The van der Waals surface area contributed by atoms with Crippen LogP contribution in [0.25, 0.3) is 0 Å². The highest BCUT2D eigenvalue weighted by molar-refractivity contribution is 5.60. The van der Waals surface area contributed by atoms with Crippen LogP contribution in [0.2, 0.25) is 0 Å². The molecule has 1 atom stereocenters. The predicted molar refractivity (Wildman–Crippen MR) is 86.4 cm³/mol. The van der Waals surface area contributed by atoms with Gasteiger partial charge in [0.05, 0.1) is 12.6 Å². The molecule has 0 fully saturated rings. The Kier molecular flexibility index (Phi) is 4.23. The zero-order valence-electron chi connectivity index (χ0n) is 12.5. The molecule has 2 N–H and O–H groups in total. The highest BCUT2D eigenvalue weighted by atomic mass is 16.5. The highest BCUT2D eigenvalue weighted by Gasteiger charge is 2.27. The number of benzene rings is 2. The topological polar surface area (TPSA) is 38.5 Å². The van der Waals surface area contributed by atoms with E-state index in [0.29, 0.717) is 13.2 Å². The Bertz CT molecular complexity index is 612. The number of para-hydroxylation sites is 1. The maximum atomic E-state index is 6.12. The number of ether oxygens (including phenoxy) is 1. The van der Waals surface area contributed by atoms with Crippen LogP contribution in [0.3, 0.4) is 0 Å². The smallest absolute Gasteiger partial charge is 0.0716 e. The molecule has 3 rings (SSSR count). The van der Waals surface area contributed by atoms with E-state index in [2.05, 4.69) is 53.4 Å². The van der Waals surface area contributed by atoms with Crippen LogP contribution in [0.5, 0.6) is 0 Å². The first-order valence-electron chi connectivity index (χ1n) is 7.46. The van der Waals surface area contributed by atoms with Crippen LogP contribution in [0, 0.1) is 0 Å². The zero-order valence-corrected chi connectivity index (χ0v) is 12.5. The van der Waals surface area contributed by atoms with Gasteiger partial charge >= 0.3 is 0 Å². The van der Waals surface area contributed by atoms with Crippen molar-refractivity contribution in [3.8, 4) is 0 Å². The third-order valence-corrected chi connectivity index (χ3v) is 4.24. The fraction of sp³-hybridized carbons (Fsp3) is 0.333. The predicted octanol–water partition coefficient (Wildman–Crippen LogP) is 2.90. The van der Waals surface area contributed by atoms with E-state index in [1.165, 1.54) is 22.4 Å². The molecular formula is C18H22N2O. The molecule has 0 bridgehead atoms. The standard InChI is InChI=1S/C18H22N2O/c1-21-13-15-7-2-4-8-16(15)18(12-19)20-11-10-14-6-3-5-9-17(14)20/h2-9,18H,10-13,19H2,1H3. The van der Waals surface area contributed by atoms with Gasteiger partial charge in [-0.3, -0.25) is 0 Å². The molecule has 0 aliphatic carbocycles. The van der Waals surface area contributed by atoms with Crippen LogP contribution in [0.1, 0.15) is 22.7 Å². The van der Waals surface area contributed by atoms with Crippen molar-refractivity contribution >= 4 is 5.69 Å². The van der Waals surface area contributed by atoms with E-state index < -0.39 is 0 Å². The van der Waals surface area contributed by atoms with Gasteiger partial charge < -0.3 is 15.4 Å². The number of methoxy groups -OCH3 is 1.